The van der Waals surface area contributed by atoms with E-state index in [-0.39, 0.29) is 0 Å². The van der Waals surface area contributed by atoms with E-state index in [0.29, 0.717) is 11.9 Å². The van der Waals surface area contributed by atoms with Gasteiger partial charge in [-0.05, 0) is 13.2 Å². The maximum Gasteiger partial charge on any atom is 0.160 e. The van der Waals surface area contributed by atoms with E-state index in [1.807, 2.05) is 18.8 Å². The number of thioether (sulfide) groups is 1. The molecule has 0 aliphatic carbocycles. The summed E-state index contributed by atoms with van der Waals surface area (Å²) in [4.78, 5) is 10.5. The van der Waals surface area contributed by atoms with Gasteiger partial charge < -0.3 is 10.3 Å². The summed E-state index contributed by atoms with van der Waals surface area (Å²) in [7, 11) is 2.01. The Kier molecular flexibility index (Phi) is 4.64. The number of nitrogens with two attached hydrogens (primary N) is 1. The number of aromatic nitrogens is 2. The van der Waals surface area contributed by atoms with Crippen LogP contribution in [0, 0.1) is 0 Å². The third-order valence-electron chi connectivity index (χ3n) is 2.20. The largest absolute Gasteiger partial charge is 0.355 e. The van der Waals surface area contributed by atoms with Crippen molar-refractivity contribution in [2.24, 2.45) is 5.84 Å². The molecule has 1 aromatic rings. The smallest absolute Gasteiger partial charge is 0.160 e. The monoisotopic (exact) mass is 227 g/mol. The van der Waals surface area contributed by atoms with Crippen molar-refractivity contribution in [3.05, 3.63) is 12.4 Å². The predicted molar refractivity (Wildman–Crippen MR) is 66.1 cm³/mol. The van der Waals surface area contributed by atoms with Gasteiger partial charge in [0.1, 0.15) is 5.82 Å². The second kappa shape index (κ2) is 5.77. The zero-order valence-electron chi connectivity index (χ0n) is 9.27. The van der Waals surface area contributed by atoms with Crippen molar-refractivity contribution < 1.29 is 0 Å². The highest BCUT2D eigenvalue weighted by atomic mass is 32.2. The van der Waals surface area contributed by atoms with Gasteiger partial charge in [0, 0.05) is 18.8 Å². The summed E-state index contributed by atoms with van der Waals surface area (Å²) < 4.78 is 0. The van der Waals surface area contributed by atoms with Crippen LogP contribution in [0.5, 0.6) is 0 Å². The number of anilines is 2. The van der Waals surface area contributed by atoms with Crippen molar-refractivity contribution in [1.82, 2.24) is 9.97 Å². The molecule has 84 valence electrons. The molecule has 0 aliphatic rings. The van der Waals surface area contributed by atoms with Crippen molar-refractivity contribution >= 4 is 23.4 Å². The van der Waals surface area contributed by atoms with E-state index in [2.05, 4.69) is 33.5 Å². The normalized spacial score (nSPS) is 12.3. The highest BCUT2D eigenvalue weighted by molar-refractivity contribution is 7.98. The number of nitrogen functional groups attached to an aromatic ring is 1. The Morgan fingerprint density at radius 1 is 1.60 bits per heavy atom. The summed E-state index contributed by atoms with van der Waals surface area (Å²) >= 11 is 1.81. The molecule has 0 spiro atoms. The van der Waals surface area contributed by atoms with Gasteiger partial charge in [-0.2, -0.15) is 11.8 Å². The average molecular weight is 227 g/mol. The van der Waals surface area contributed by atoms with Crippen LogP contribution in [0.3, 0.4) is 0 Å². The predicted octanol–water partition coefficient (Wildman–Crippen LogP) is 0.950. The summed E-state index contributed by atoms with van der Waals surface area (Å²) in [6.07, 6.45) is 5.42. The Labute approximate surface area is 94.4 Å². The van der Waals surface area contributed by atoms with Crippen molar-refractivity contribution in [3.8, 4) is 0 Å². The van der Waals surface area contributed by atoms with Gasteiger partial charge in [-0.15, -0.1) is 0 Å². The second-order valence-electron chi connectivity index (χ2n) is 3.32. The fraction of sp³-hybridized carbons (Fsp3) is 0.556. The van der Waals surface area contributed by atoms with Crippen LogP contribution in [0.4, 0.5) is 11.6 Å². The average Bonchev–Trinajstić information content (AvgIpc) is 2.28. The lowest BCUT2D eigenvalue weighted by Crippen LogP contribution is -2.31. The fourth-order valence-electron chi connectivity index (χ4n) is 1.17. The lowest BCUT2D eigenvalue weighted by Gasteiger charge is -2.25. The maximum atomic E-state index is 5.28. The van der Waals surface area contributed by atoms with Crippen LogP contribution < -0.4 is 16.2 Å². The molecule has 15 heavy (non-hydrogen) atoms. The number of hydrogen-bond acceptors (Lipinski definition) is 6. The lowest BCUT2D eigenvalue weighted by molar-refractivity contribution is 0.751. The Morgan fingerprint density at radius 3 is 2.93 bits per heavy atom. The minimum atomic E-state index is 0.419. The maximum absolute atomic E-state index is 5.28. The zero-order chi connectivity index (χ0) is 11.3. The molecule has 0 amide bonds. The van der Waals surface area contributed by atoms with Crippen molar-refractivity contribution in [1.29, 1.82) is 0 Å². The topological polar surface area (TPSA) is 67.1 Å². The first-order chi connectivity index (χ1) is 7.19. The van der Waals surface area contributed by atoms with Crippen molar-refractivity contribution in [2.45, 2.75) is 13.0 Å². The number of nitrogens with one attached hydrogen (secondary N) is 1. The second-order valence-corrected chi connectivity index (χ2v) is 4.23. The van der Waals surface area contributed by atoms with Crippen LogP contribution >= 0.6 is 11.8 Å². The van der Waals surface area contributed by atoms with Crippen LogP contribution in [-0.4, -0.2) is 35.1 Å². The Hall–Kier alpha value is -1.01. The molecule has 6 heteroatoms. The molecule has 1 unspecified atom stereocenters. The molecule has 0 bridgehead atoms. The van der Waals surface area contributed by atoms with Gasteiger partial charge in [0.25, 0.3) is 0 Å². The summed E-state index contributed by atoms with van der Waals surface area (Å²) in [6.45, 7) is 2.15. The van der Waals surface area contributed by atoms with E-state index in [1.165, 1.54) is 0 Å². The van der Waals surface area contributed by atoms with Gasteiger partial charge in [0.05, 0.1) is 12.4 Å². The number of hydrogen-bond donors (Lipinski definition) is 2. The standard InChI is InChI=1S/C9H17N5S/c1-7(6-15-3)14(2)9-5-11-4-8(12-9)13-10/h4-5,7H,6,10H2,1-3H3,(H,12,13). The van der Waals surface area contributed by atoms with Gasteiger partial charge in [0.15, 0.2) is 5.82 Å². The summed E-state index contributed by atoms with van der Waals surface area (Å²) in [6, 6.07) is 0.419. The van der Waals surface area contributed by atoms with Crippen molar-refractivity contribution in [3.63, 3.8) is 0 Å². The zero-order valence-corrected chi connectivity index (χ0v) is 10.1. The molecular weight excluding hydrogens is 210 g/mol. The van der Waals surface area contributed by atoms with E-state index in [1.54, 1.807) is 12.4 Å². The molecular formula is C9H17N5S. The highest BCUT2D eigenvalue weighted by Gasteiger charge is 2.11. The van der Waals surface area contributed by atoms with Crippen LogP contribution in [-0.2, 0) is 0 Å². The molecule has 0 saturated carbocycles. The molecule has 1 atom stereocenters. The van der Waals surface area contributed by atoms with Crippen LogP contribution in [0.15, 0.2) is 12.4 Å². The van der Waals surface area contributed by atoms with E-state index in [4.69, 9.17) is 5.84 Å². The van der Waals surface area contributed by atoms with E-state index < -0.39 is 0 Å². The van der Waals surface area contributed by atoms with Gasteiger partial charge in [-0.25, -0.2) is 10.8 Å². The van der Waals surface area contributed by atoms with Crippen LogP contribution in [0.25, 0.3) is 0 Å². The van der Waals surface area contributed by atoms with Crippen LogP contribution in [0.1, 0.15) is 6.92 Å². The number of hydrazine groups is 1. The Balaban J connectivity index is 2.76. The SMILES string of the molecule is CSCC(C)N(C)c1cncc(NN)n1. The molecule has 1 heterocycles. The third kappa shape index (κ3) is 3.24. The van der Waals surface area contributed by atoms with E-state index in [9.17, 15) is 0 Å². The molecule has 0 aliphatic heterocycles. The molecule has 0 saturated heterocycles. The van der Waals surface area contributed by atoms with E-state index >= 15 is 0 Å². The molecule has 0 radical (unpaired) electrons. The van der Waals surface area contributed by atoms with Crippen LogP contribution in [0.2, 0.25) is 0 Å². The quantitative estimate of drug-likeness (QED) is 0.576. The third-order valence-corrected chi connectivity index (χ3v) is 3.02. The fourth-order valence-corrected chi connectivity index (χ4v) is 1.88. The van der Waals surface area contributed by atoms with Gasteiger partial charge in [0.2, 0.25) is 0 Å². The Bertz CT molecular complexity index is 306. The summed E-state index contributed by atoms with van der Waals surface area (Å²) in [5.41, 5.74) is 2.49. The molecule has 1 rings (SSSR count). The summed E-state index contributed by atoms with van der Waals surface area (Å²) in [5.74, 6) is 7.74. The van der Waals surface area contributed by atoms with Gasteiger partial charge in [-0.1, -0.05) is 0 Å². The Morgan fingerprint density at radius 2 is 2.33 bits per heavy atom. The minimum absolute atomic E-state index is 0.419. The van der Waals surface area contributed by atoms with E-state index in [0.717, 1.165) is 11.6 Å². The minimum Gasteiger partial charge on any atom is -0.355 e. The molecule has 5 nitrogen and oxygen atoms in total. The van der Waals surface area contributed by atoms with Crippen molar-refractivity contribution in [2.75, 3.05) is 29.4 Å². The first-order valence-electron chi connectivity index (χ1n) is 4.69. The molecule has 0 fully saturated rings. The van der Waals surface area contributed by atoms with Gasteiger partial charge in [-0.3, -0.25) is 4.98 Å². The lowest BCUT2D eigenvalue weighted by atomic mass is 10.3. The highest BCUT2D eigenvalue weighted by Crippen LogP contribution is 2.14. The summed E-state index contributed by atoms with van der Waals surface area (Å²) in [5, 5.41) is 0. The first-order valence-corrected chi connectivity index (χ1v) is 6.09. The molecule has 1 aromatic heterocycles. The number of rotatable bonds is 5. The number of nitrogens with zero attached hydrogens (tertiary/aromatic N) is 3. The first kappa shape index (κ1) is 12.1. The molecule has 3 N–H and O–H groups in total. The molecule has 0 aromatic carbocycles. The van der Waals surface area contributed by atoms with Gasteiger partial charge >= 0.3 is 0 Å².